The van der Waals surface area contributed by atoms with E-state index in [1.807, 2.05) is 12.1 Å². The van der Waals surface area contributed by atoms with Gasteiger partial charge in [-0.15, -0.1) is 11.3 Å². The van der Waals surface area contributed by atoms with E-state index in [2.05, 4.69) is 59.4 Å². The van der Waals surface area contributed by atoms with E-state index in [1.54, 1.807) is 11.3 Å². The van der Waals surface area contributed by atoms with Crippen LogP contribution in [0, 0.1) is 0 Å². The van der Waals surface area contributed by atoms with Crippen LogP contribution in [-0.2, 0) is 0 Å². The lowest BCUT2D eigenvalue weighted by molar-refractivity contribution is 0.499. The maximum absolute atomic E-state index is 5.97. The number of hydrogen-bond donors (Lipinski definition) is 1. The van der Waals surface area contributed by atoms with Crippen molar-refractivity contribution in [3.8, 4) is 0 Å². The van der Waals surface area contributed by atoms with Crippen LogP contribution in [-0.4, -0.2) is 0 Å². The SMILES string of the molecule is CC(NC(C)c1ccccc1Br)c1ccc(Cl)s1. The number of rotatable bonds is 4. The Morgan fingerprint density at radius 2 is 1.83 bits per heavy atom. The molecule has 4 heteroatoms. The largest absolute Gasteiger partial charge is 0.303 e. The van der Waals surface area contributed by atoms with Crippen LogP contribution < -0.4 is 5.32 Å². The van der Waals surface area contributed by atoms with Gasteiger partial charge in [0.2, 0.25) is 0 Å². The van der Waals surface area contributed by atoms with E-state index in [4.69, 9.17) is 11.6 Å². The van der Waals surface area contributed by atoms with Gasteiger partial charge in [-0.05, 0) is 37.6 Å². The molecule has 1 aromatic heterocycles. The van der Waals surface area contributed by atoms with Crippen LogP contribution in [0.5, 0.6) is 0 Å². The Bertz CT molecular complexity index is 526. The van der Waals surface area contributed by atoms with Crippen LogP contribution in [0.1, 0.15) is 36.4 Å². The first kappa shape index (κ1) is 14.1. The summed E-state index contributed by atoms with van der Waals surface area (Å²) >= 11 is 11.2. The second kappa shape index (κ2) is 6.20. The lowest BCUT2D eigenvalue weighted by atomic mass is 10.1. The van der Waals surface area contributed by atoms with Crippen LogP contribution in [0.3, 0.4) is 0 Å². The summed E-state index contributed by atoms with van der Waals surface area (Å²) in [6.45, 7) is 4.33. The fourth-order valence-electron chi connectivity index (χ4n) is 1.93. The van der Waals surface area contributed by atoms with Gasteiger partial charge in [-0.25, -0.2) is 0 Å². The molecule has 2 aromatic rings. The van der Waals surface area contributed by atoms with Gasteiger partial charge >= 0.3 is 0 Å². The smallest absolute Gasteiger partial charge is 0.0931 e. The number of hydrogen-bond acceptors (Lipinski definition) is 2. The number of nitrogens with one attached hydrogen (secondary N) is 1. The quantitative estimate of drug-likeness (QED) is 0.764. The summed E-state index contributed by atoms with van der Waals surface area (Å²) in [5, 5.41) is 3.59. The van der Waals surface area contributed by atoms with E-state index in [0.717, 1.165) is 8.81 Å². The molecule has 18 heavy (non-hydrogen) atoms. The molecular weight excluding hydrogens is 330 g/mol. The third-order valence-corrected chi connectivity index (χ3v) is 5.03. The van der Waals surface area contributed by atoms with Gasteiger partial charge in [-0.3, -0.25) is 0 Å². The first-order valence-corrected chi connectivity index (χ1v) is 7.82. The molecular formula is C14H15BrClNS. The Balaban J connectivity index is 2.08. The highest BCUT2D eigenvalue weighted by Gasteiger charge is 2.14. The number of thiophene rings is 1. The summed E-state index contributed by atoms with van der Waals surface area (Å²) in [6, 6.07) is 12.9. The van der Waals surface area contributed by atoms with Crippen molar-refractivity contribution < 1.29 is 0 Å². The monoisotopic (exact) mass is 343 g/mol. The van der Waals surface area contributed by atoms with Crippen LogP contribution in [0.15, 0.2) is 40.9 Å². The fraction of sp³-hybridized carbons (Fsp3) is 0.286. The van der Waals surface area contributed by atoms with Crippen molar-refractivity contribution in [2.75, 3.05) is 0 Å². The molecule has 2 rings (SSSR count). The summed E-state index contributed by atoms with van der Waals surface area (Å²) < 4.78 is 1.98. The van der Waals surface area contributed by atoms with Crippen molar-refractivity contribution in [2.45, 2.75) is 25.9 Å². The van der Waals surface area contributed by atoms with Crippen molar-refractivity contribution in [3.05, 3.63) is 55.6 Å². The average Bonchev–Trinajstić information content (AvgIpc) is 2.76. The van der Waals surface area contributed by atoms with E-state index < -0.39 is 0 Å². The van der Waals surface area contributed by atoms with E-state index >= 15 is 0 Å². The Morgan fingerprint density at radius 3 is 2.44 bits per heavy atom. The van der Waals surface area contributed by atoms with E-state index in [-0.39, 0.29) is 6.04 Å². The molecule has 0 aliphatic rings. The summed E-state index contributed by atoms with van der Waals surface area (Å²) in [6.07, 6.45) is 0. The van der Waals surface area contributed by atoms with E-state index in [9.17, 15) is 0 Å². The molecule has 2 atom stereocenters. The Kier molecular flexibility index (Phi) is 4.84. The lowest BCUT2D eigenvalue weighted by Crippen LogP contribution is -2.22. The van der Waals surface area contributed by atoms with Gasteiger partial charge in [0, 0.05) is 21.4 Å². The van der Waals surface area contributed by atoms with Gasteiger partial charge < -0.3 is 5.32 Å². The minimum Gasteiger partial charge on any atom is -0.303 e. The van der Waals surface area contributed by atoms with Gasteiger partial charge in [0.05, 0.1) is 4.34 Å². The average molecular weight is 345 g/mol. The molecule has 0 aliphatic carbocycles. The first-order chi connectivity index (χ1) is 8.58. The Morgan fingerprint density at radius 1 is 1.11 bits per heavy atom. The molecule has 0 radical (unpaired) electrons. The highest BCUT2D eigenvalue weighted by Crippen LogP contribution is 2.30. The highest BCUT2D eigenvalue weighted by molar-refractivity contribution is 9.10. The molecule has 0 bridgehead atoms. The zero-order valence-electron chi connectivity index (χ0n) is 10.3. The molecule has 1 aromatic carbocycles. The molecule has 0 aliphatic heterocycles. The zero-order chi connectivity index (χ0) is 13.1. The van der Waals surface area contributed by atoms with Crippen molar-refractivity contribution in [2.24, 2.45) is 0 Å². The minimum absolute atomic E-state index is 0.288. The summed E-state index contributed by atoms with van der Waals surface area (Å²) in [4.78, 5) is 1.26. The van der Waals surface area contributed by atoms with Gasteiger partial charge in [0.15, 0.2) is 0 Å². The minimum atomic E-state index is 0.288. The molecule has 0 saturated carbocycles. The predicted molar refractivity (Wildman–Crippen MR) is 83.4 cm³/mol. The van der Waals surface area contributed by atoms with Gasteiger partial charge in [0.25, 0.3) is 0 Å². The zero-order valence-corrected chi connectivity index (χ0v) is 13.4. The second-order valence-electron chi connectivity index (χ2n) is 4.27. The fourth-order valence-corrected chi connectivity index (χ4v) is 3.63. The van der Waals surface area contributed by atoms with Gasteiger partial charge in [0.1, 0.15) is 0 Å². The first-order valence-electron chi connectivity index (χ1n) is 5.83. The second-order valence-corrected chi connectivity index (χ2v) is 6.87. The molecule has 96 valence electrons. The number of halogens is 2. The van der Waals surface area contributed by atoms with E-state index in [1.165, 1.54) is 10.4 Å². The maximum atomic E-state index is 5.97. The predicted octanol–water partition coefficient (Wildman–Crippen LogP) is 5.58. The van der Waals surface area contributed by atoms with Crippen molar-refractivity contribution in [1.82, 2.24) is 5.32 Å². The van der Waals surface area contributed by atoms with Crippen LogP contribution in [0.4, 0.5) is 0 Å². The van der Waals surface area contributed by atoms with Crippen LogP contribution in [0.25, 0.3) is 0 Å². The van der Waals surface area contributed by atoms with Gasteiger partial charge in [-0.2, -0.15) is 0 Å². The van der Waals surface area contributed by atoms with Crippen molar-refractivity contribution in [3.63, 3.8) is 0 Å². The Hall–Kier alpha value is -0.350. The van der Waals surface area contributed by atoms with Crippen LogP contribution in [0.2, 0.25) is 4.34 Å². The highest BCUT2D eigenvalue weighted by atomic mass is 79.9. The Labute approximate surface area is 125 Å². The molecule has 0 saturated heterocycles. The molecule has 1 N–H and O–H groups in total. The van der Waals surface area contributed by atoms with Crippen LogP contribution >= 0.6 is 38.9 Å². The summed E-state index contributed by atoms with van der Waals surface area (Å²) in [5.41, 5.74) is 1.27. The molecule has 0 amide bonds. The van der Waals surface area contributed by atoms with Crippen molar-refractivity contribution >= 4 is 38.9 Å². The molecule has 1 heterocycles. The topological polar surface area (TPSA) is 12.0 Å². The standard InChI is InChI=1S/C14H15BrClNS/c1-9(11-5-3-4-6-12(11)15)17-10(2)13-7-8-14(16)18-13/h3-10,17H,1-2H3. The maximum Gasteiger partial charge on any atom is 0.0931 e. The third kappa shape index (κ3) is 3.35. The summed E-state index contributed by atoms with van der Waals surface area (Å²) in [5.74, 6) is 0. The molecule has 0 fully saturated rings. The summed E-state index contributed by atoms with van der Waals surface area (Å²) in [7, 11) is 0. The molecule has 1 nitrogen and oxygen atoms in total. The molecule has 2 unspecified atom stereocenters. The van der Waals surface area contributed by atoms with Crippen molar-refractivity contribution in [1.29, 1.82) is 0 Å². The normalized spacial score (nSPS) is 14.4. The lowest BCUT2D eigenvalue weighted by Gasteiger charge is -2.20. The third-order valence-electron chi connectivity index (χ3n) is 2.89. The van der Waals surface area contributed by atoms with Gasteiger partial charge in [-0.1, -0.05) is 45.7 Å². The van der Waals surface area contributed by atoms with E-state index in [0.29, 0.717) is 6.04 Å². The molecule has 0 spiro atoms. The number of benzene rings is 1.